The van der Waals surface area contributed by atoms with Gasteiger partial charge in [-0.2, -0.15) is 0 Å². The Morgan fingerprint density at radius 1 is 1.09 bits per heavy atom. The van der Waals surface area contributed by atoms with E-state index in [1.54, 1.807) is 0 Å². The third kappa shape index (κ3) is 4.31. The number of allylic oxidation sites excluding steroid dienone is 1. The summed E-state index contributed by atoms with van der Waals surface area (Å²) in [6.07, 6.45) is 13.0. The first-order valence-electron chi connectivity index (χ1n) is 13.7. The first-order valence-corrected chi connectivity index (χ1v) is 13.7. The topological polar surface area (TPSA) is 59.0 Å². The maximum Gasteiger partial charge on any atom is 0.306 e. The molecule has 5 aliphatic rings. The fraction of sp³-hybridized carbons (Fsp3) is 0.893. The summed E-state index contributed by atoms with van der Waals surface area (Å²) in [6.45, 7) is 13.3. The van der Waals surface area contributed by atoms with Crippen LogP contribution >= 0.6 is 0 Å². The van der Waals surface area contributed by atoms with Gasteiger partial charge in [0.1, 0.15) is 0 Å². The average Bonchev–Trinajstić information content (AvgIpc) is 3.33. The summed E-state index contributed by atoms with van der Waals surface area (Å²) in [5.74, 6) is 0.984. The van der Waals surface area contributed by atoms with E-state index in [-0.39, 0.29) is 23.0 Å². The van der Waals surface area contributed by atoms with E-state index in [9.17, 15) is 9.90 Å². The molecule has 2 saturated heterocycles. The SMILES string of the molecule is C=C1CCC2[C@]3(C)CO[C@@H](C4CCCC4)O[C@@H]3CC[C@@]2(C)[C@@H]1CCN1CCC(C(=O)O)CC1. The van der Waals surface area contributed by atoms with Crippen LogP contribution in [0.2, 0.25) is 0 Å². The number of fused-ring (bicyclic) bond motifs is 3. The zero-order valence-electron chi connectivity index (χ0n) is 20.9. The molecule has 186 valence electrons. The molecule has 0 radical (unpaired) electrons. The number of hydrogen-bond donors (Lipinski definition) is 1. The van der Waals surface area contributed by atoms with Gasteiger partial charge in [0.05, 0.1) is 18.6 Å². The Hall–Kier alpha value is -0.910. The number of ether oxygens (including phenoxy) is 2. The molecule has 3 aliphatic carbocycles. The second kappa shape index (κ2) is 9.28. The molecule has 0 aromatic heterocycles. The lowest BCUT2D eigenvalue weighted by Crippen LogP contribution is -2.62. The molecule has 6 atom stereocenters. The summed E-state index contributed by atoms with van der Waals surface area (Å²) in [4.78, 5) is 13.8. The van der Waals surface area contributed by atoms with Crippen molar-refractivity contribution in [1.82, 2.24) is 4.90 Å². The Kier molecular flexibility index (Phi) is 6.69. The van der Waals surface area contributed by atoms with E-state index in [0.29, 0.717) is 23.9 Å². The molecule has 0 spiro atoms. The Labute approximate surface area is 200 Å². The van der Waals surface area contributed by atoms with Gasteiger partial charge in [-0.3, -0.25) is 4.79 Å². The highest BCUT2D eigenvalue weighted by molar-refractivity contribution is 5.70. The van der Waals surface area contributed by atoms with Gasteiger partial charge in [-0.1, -0.05) is 38.8 Å². The molecule has 0 bridgehead atoms. The molecular formula is C28H45NO4. The summed E-state index contributed by atoms with van der Waals surface area (Å²) < 4.78 is 13.2. The summed E-state index contributed by atoms with van der Waals surface area (Å²) in [5, 5.41) is 9.30. The van der Waals surface area contributed by atoms with Crippen LogP contribution < -0.4 is 0 Å². The van der Waals surface area contributed by atoms with Crippen molar-refractivity contribution < 1.29 is 19.4 Å². The maximum atomic E-state index is 11.3. The Balaban J connectivity index is 1.24. The van der Waals surface area contributed by atoms with Crippen LogP contribution in [0.3, 0.4) is 0 Å². The van der Waals surface area contributed by atoms with Gasteiger partial charge in [0, 0.05) is 11.3 Å². The average molecular weight is 460 g/mol. The van der Waals surface area contributed by atoms with E-state index in [1.807, 2.05) is 0 Å². The predicted octanol–water partition coefficient (Wildman–Crippen LogP) is 5.49. The molecule has 5 heteroatoms. The van der Waals surface area contributed by atoms with Crippen molar-refractivity contribution in [3.63, 3.8) is 0 Å². The highest BCUT2D eigenvalue weighted by Gasteiger charge is 2.60. The number of carboxylic acids is 1. The second-order valence-corrected chi connectivity index (χ2v) is 12.4. The third-order valence-corrected chi connectivity index (χ3v) is 10.6. The van der Waals surface area contributed by atoms with Gasteiger partial charge in [0.25, 0.3) is 0 Å². The Bertz CT molecular complexity index is 740. The van der Waals surface area contributed by atoms with E-state index in [0.717, 1.165) is 58.3 Å². The minimum atomic E-state index is -0.622. The molecule has 5 nitrogen and oxygen atoms in total. The molecule has 0 aromatic rings. The van der Waals surface area contributed by atoms with Crippen molar-refractivity contribution in [3.8, 4) is 0 Å². The zero-order valence-corrected chi connectivity index (χ0v) is 20.9. The number of carboxylic acid groups (broad SMARTS) is 1. The monoisotopic (exact) mass is 459 g/mol. The first kappa shape index (κ1) is 23.8. The number of piperidine rings is 1. The molecule has 0 amide bonds. The summed E-state index contributed by atoms with van der Waals surface area (Å²) in [7, 11) is 0. The zero-order chi connectivity index (χ0) is 23.2. The van der Waals surface area contributed by atoms with Crippen LogP contribution in [0.15, 0.2) is 12.2 Å². The maximum absolute atomic E-state index is 11.3. The van der Waals surface area contributed by atoms with Crippen LogP contribution in [-0.2, 0) is 14.3 Å². The molecule has 1 N–H and O–H groups in total. The molecule has 0 aromatic carbocycles. The Morgan fingerprint density at radius 3 is 2.52 bits per heavy atom. The van der Waals surface area contributed by atoms with E-state index < -0.39 is 5.97 Å². The molecule has 33 heavy (non-hydrogen) atoms. The van der Waals surface area contributed by atoms with Crippen LogP contribution in [0.4, 0.5) is 0 Å². The van der Waals surface area contributed by atoms with Gasteiger partial charge in [0.2, 0.25) is 0 Å². The fourth-order valence-electron chi connectivity index (χ4n) is 8.58. The van der Waals surface area contributed by atoms with Crippen molar-refractivity contribution in [3.05, 3.63) is 12.2 Å². The van der Waals surface area contributed by atoms with Gasteiger partial charge >= 0.3 is 5.97 Å². The number of likely N-dealkylation sites (tertiary alicyclic amines) is 1. The number of carbonyl (C=O) groups is 1. The smallest absolute Gasteiger partial charge is 0.306 e. The van der Waals surface area contributed by atoms with Crippen LogP contribution in [-0.4, -0.2) is 54.6 Å². The van der Waals surface area contributed by atoms with Crippen molar-refractivity contribution in [2.75, 3.05) is 26.2 Å². The summed E-state index contributed by atoms with van der Waals surface area (Å²) in [5.41, 5.74) is 1.80. The molecule has 3 saturated carbocycles. The quantitative estimate of drug-likeness (QED) is 0.551. The summed E-state index contributed by atoms with van der Waals surface area (Å²) >= 11 is 0. The predicted molar refractivity (Wildman–Crippen MR) is 129 cm³/mol. The largest absolute Gasteiger partial charge is 0.481 e. The summed E-state index contributed by atoms with van der Waals surface area (Å²) in [6, 6.07) is 0. The minimum absolute atomic E-state index is 0.0259. The van der Waals surface area contributed by atoms with Crippen molar-refractivity contribution in [2.45, 2.75) is 96.9 Å². The lowest BCUT2D eigenvalue weighted by molar-refractivity contribution is -0.316. The van der Waals surface area contributed by atoms with Crippen LogP contribution in [0, 0.1) is 34.5 Å². The second-order valence-electron chi connectivity index (χ2n) is 12.4. The van der Waals surface area contributed by atoms with Gasteiger partial charge in [-0.15, -0.1) is 0 Å². The van der Waals surface area contributed by atoms with Crippen LogP contribution in [0.25, 0.3) is 0 Å². The van der Waals surface area contributed by atoms with Crippen molar-refractivity contribution in [1.29, 1.82) is 0 Å². The lowest BCUT2D eigenvalue weighted by Gasteiger charge is -2.63. The van der Waals surface area contributed by atoms with E-state index in [4.69, 9.17) is 9.47 Å². The first-order chi connectivity index (χ1) is 15.8. The molecule has 1 unspecified atom stereocenters. The highest BCUT2D eigenvalue weighted by Crippen LogP contribution is 2.63. The fourth-order valence-corrected chi connectivity index (χ4v) is 8.58. The van der Waals surface area contributed by atoms with E-state index in [2.05, 4.69) is 25.3 Å². The van der Waals surface area contributed by atoms with E-state index in [1.165, 1.54) is 44.1 Å². The standard InChI is InChI=1S/C28H45NO4/c1-19-8-9-23-27(2,22(19)13-17-29-15-11-20(12-16-29)25(30)31)14-10-24-28(23,3)18-32-26(33-24)21-6-4-5-7-21/h20-24,26H,1,4-18H2,2-3H3,(H,30,31)/t22-,23?,24-,26-,27+,28+/m1/s1. The highest BCUT2D eigenvalue weighted by atomic mass is 16.7. The number of hydrogen-bond acceptors (Lipinski definition) is 4. The minimum Gasteiger partial charge on any atom is -0.481 e. The van der Waals surface area contributed by atoms with Gasteiger partial charge in [0.15, 0.2) is 6.29 Å². The molecule has 5 fully saturated rings. The van der Waals surface area contributed by atoms with Crippen molar-refractivity contribution in [2.24, 2.45) is 34.5 Å². The molecular weight excluding hydrogens is 414 g/mol. The number of aliphatic carboxylic acids is 1. The third-order valence-electron chi connectivity index (χ3n) is 10.6. The van der Waals surface area contributed by atoms with Gasteiger partial charge < -0.3 is 19.5 Å². The van der Waals surface area contributed by atoms with Crippen molar-refractivity contribution >= 4 is 5.97 Å². The van der Waals surface area contributed by atoms with E-state index >= 15 is 0 Å². The van der Waals surface area contributed by atoms with Gasteiger partial charge in [-0.25, -0.2) is 0 Å². The number of nitrogens with zero attached hydrogens (tertiary/aromatic N) is 1. The lowest BCUT2D eigenvalue weighted by atomic mass is 9.46. The molecule has 2 heterocycles. The van der Waals surface area contributed by atoms with Crippen LogP contribution in [0.1, 0.15) is 84.5 Å². The normalized spacial score (nSPS) is 43.3. The number of rotatable bonds is 5. The van der Waals surface area contributed by atoms with Crippen LogP contribution in [0.5, 0.6) is 0 Å². The Morgan fingerprint density at radius 2 is 1.82 bits per heavy atom. The molecule has 5 rings (SSSR count). The molecule has 2 aliphatic heterocycles. The van der Waals surface area contributed by atoms with Gasteiger partial charge in [-0.05, 0) is 94.7 Å².